The first-order valence-electron chi connectivity index (χ1n) is 6.55. The van der Waals surface area contributed by atoms with E-state index < -0.39 is 11.7 Å². The van der Waals surface area contributed by atoms with Crippen molar-refractivity contribution in [1.82, 2.24) is 5.32 Å². The third-order valence-electron chi connectivity index (χ3n) is 2.69. The van der Waals surface area contributed by atoms with Crippen molar-refractivity contribution in [2.45, 2.75) is 39.2 Å². The van der Waals surface area contributed by atoms with Gasteiger partial charge in [-0.1, -0.05) is 29.8 Å². The Balaban J connectivity index is 2.56. The predicted octanol–water partition coefficient (Wildman–Crippen LogP) is 2.56. The molecule has 3 N–H and O–H groups in total. The average molecular weight is 264 g/mol. The highest BCUT2D eigenvalue weighted by Gasteiger charge is 2.17. The highest BCUT2D eigenvalue weighted by Crippen LogP contribution is 2.15. The van der Waals surface area contributed by atoms with Crippen LogP contribution in [0.2, 0.25) is 0 Å². The first kappa shape index (κ1) is 15.5. The first-order chi connectivity index (χ1) is 8.81. The molecular weight excluding hydrogens is 240 g/mol. The first-order valence-corrected chi connectivity index (χ1v) is 6.55. The molecule has 19 heavy (non-hydrogen) atoms. The fourth-order valence-corrected chi connectivity index (χ4v) is 1.78. The largest absolute Gasteiger partial charge is 0.444 e. The van der Waals surface area contributed by atoms with Crippen molar-refractivity contribution < 1.29 is 9.53 Å². The second-order valence-electron chi connectivity index (χ2n) is 5.73. The van der Waals surface area contributed by atoms with Crippen molar-refractivity contribution in [2.75, 3.05) is 13.1 Å². The van der Waals surface area contributed by atoms with Crippen LogP contribution in [0.1, 0.15) is 37.8 Å². The van der Waals surface area contributed by atoms with Gasteiger partial charge in [-0.15, -0.1) is 0 Å². The number of rotatable bonds is 4. The molecule has 0 aliphatic rings. The number of nitrogens with two attached hydrogens (primary N) is 1. The molecule has 0 fully saturated rings. The molecule has 1 aromatic rings. The summed E-state index contributed by atoms with van der Waals surface area (Å²) < 4.78 is 5.20. The van der Waals surface area contributed by atoms with Crippen LogP contribution < -0.4 is 11.1 Å². The highest BCUT2D eigenvalue weighted by molar-refractivity contribution is 5.67. The summed E-state index contributed by atoms with van der Waals surface area (Å²) in [4.78, 5) is 11.6. The summed E-state index contributed by atoms with van der Waals surface area (Å²) >= 11 is 0. The van der Waals surface area contributed by atoms with Gasteiger partial charge in [0.25, 0.3) is 0 Å². The molecule has 0 aromatic heterocycles. The summed E-state index contributed by atoms with van der Waals surface area (Å²) in [5.41, 5.74) is 7.62. The molecule has 0 saturated heterocycles. The van der Waals surface area contributed by atoms with Gasteiger partial charge in [0.1, 0.15) is 5.60 Å². The maximum absolute atomic E-state index is 11.6. The van der Waals surface area contributed by atoms with Gasteiger partial charge in [0.05, 0.1) is 0 Å². The lowest BCUT2D eigenvalue weighted by molar-refractivity contribution is 0.0525. The Morgan fingerprint density at radius 3 is 2.63 bits per heavy atom. The number of hydrogen-bond donors (Lipinski definition) is 2. The number of amides is 1. The third-order valence-corrected chi connectivity index (χ3v) is 2.69. The Hall–Kier alpha value is -1.55. The van der Waals surface area contributed by atoms with Gasteiger partial charge >= 0.3 is 6.09 Å². The molecule has 0 heterocycles. The van der Waals surface area contributed by atoms with Gasteiger partial charge < -0.3 is 15.8 Å². The Bertz CT molecular complexity index is 424. The van der Waals surface area contributed by atoms with Crippen LogP contribution in [0.15, 0.2) is 24.3 Å². The lowest BCUT2D eigenvalue weighted by Gasteiger charge is -2.21. The van der Waals surface area contributed by atoms with E-state index in [0.717, 1.165) is 5.56 Å². The number of hydrogen-bond acceptors (Lipinski definition) is 3. The van der Waals surface area contributed by atoms with E-state index in [1.54, 1.807) is 0 Å². The monoisotopic (exact) mass is 264 g/mol. The number of carbonyl (C=O) groups excluding carboxylic acids is 1. The summed E-state index contributed by atoms with van der Waals surface area (Å²) in [7, 11) is 0. The molecule has 1 aromatic carbocycles. The number of carbonyl (C=O) groups is 1. The predicted molar refractivity (Wildman–Crippen MR) is 77.2 cm³/mol. The van der Waals surface area contributed by atoms with Crippen molar-refractivity contribution in [3.05, 3.63) is 35.4 Å². The van der Waals surface area contributed by atoms with E-state index in [4.69, 9.17) is 10.5 Å². The minimum atomic E-state index is -0.481. The van der Waals surface area contributed by atoms with Gasteiger partial charge in [0.2, 0.25) is 0 Å². The van der Waals surface area contributed by atoms with E-state index in [9.17, 15) is 4.79 Å². The second-order valence-corrected chi connectivity index (χ2v) is 5.73. The number of alkyl carbamates (subject to hydrolysis) is 1. The molecule has 1 atom stereocenters. The maximum atomic E-state index is 11.6. The van der Waals surface area contributed by atoms with E-state index in [-0.39, 0.29) is 5.92 Å². The normalized spacial score (nSPS) is 12.9. The second kappa shape index (κ2) is 6.57. The third kappa shape index (κ3) is 5.75. The number of aryl methyl sites for hydroxylation is 1. The number of nitrogens with one attached hydrogen (secondary N) is 1. The van der Waals surface area contributed by atoms with Gasteiger partial charge in [-0.3, -0.25) is 0 Å². The van der Waals surface area contributed by atoms with Crippen molar-refractivity contribution in [3.8, 4) is 0 Å². The highest BCUT2D eigenvalue weighted by atomic mass is 16.6. The van der Waals surface area contributed by atoms with Crippen LogP contribution in [-0.2, 0) is 4.74 Å². The molecule has 0 saturated carbocycles. The fraction of sp³-hybridized carbons (Fsp3) is 0.533. The molecule has 0 spiro atoms. The summed E-state index contributed by atoms with van der Waals surface area (Å²) in [6, 6.07) is 8.16. The molecule has 1 rings (SSSR count). The molecule has 0 bridgehead atoms. The zero-order valence-corrected chi connectivity index (χ0v) is 12.2. The average Bonchev–Trinajstić information content (AvgIpc) is 2.27. The SMILES string of the molecule is Cc1cccc(C(CN)CNC(=O)OC(C)(C)C)c1. The Morgan fingerprint density at radius 1 is 1.42 bits per heavy atom. The number of ether oxygens (including phenoxy) is 1. The van der Waals surface area contributed by atoms with Crippen LogP contribution in [-0.4, -0.2) is 24.8 Å². The van der Waals surface area contributed by atoms with Gasteiger partial charge in [-0.2, -0.15) is 0 Å². The van der Waals surface area contributed by atoms with Crippen LogP contribution in [0, 0.1) is 6.92 Å². The molecule has 4 nitrogen and oxygen atoms in total. The summed E-state index contributed by atoms with van der Waals surface area (Å²) in [5, 5.41) is 2.77. The molecule has 1 amide bonds. The zero-order chi connectivity index (χ0) is 14.5. The molecule has 0 aliphatic carbocycles. The lowest BCUT2D eigenvalue weighted by Crippen LogP contribution is -2.36. The molecule has 0 aliphatic heterocycles. The van der Waals surface area contributed by atoms with E-state index in [2.05, 4.69) is 11.4 Å². The van der Waals surface area contributed by atoms with Crippen LogP contribution >= 0.6 is 0 Å². The van der Waals surface area contributed by atoms with Gasteiger partial charge in [-0.25, -0.2) is 4.79 Å². The summed E-state index contributed by atoms with van der Waals surface area (Å²) in [5.74, 6) is 0.104. The quantitative estimate of drug-likeness (QED) is 0.878. The molecule has 1 unspecified atom stereocenters. The molecule has 4 heteroatoms. The van der Waals surface area contributed by atoms with Crippen LogP contribution in [0.3, 0.4) is 0 Å². The standard InChI is InChI=1S/C15H24N2O2/c1-11-6-5-7-12(8-11)13(9-16)10-17-14(18)19-15(2,3)4/h5-8,13H,9-10,16H2,1-4H3,(H,17,18). The van der Waals surface area contributed by atoms with E-state index >= 15 is 0 Å². The topological polar surface area (TPSA) is 64.3 Å². The molecule has 106 valence electrons. The Labute approximate surface area is 115 Å². The van der Waals surface area contributed by atoms with Crippen LogP contribution in [0.4, 0.5) is 4.79 Å². The minimum Gasteiger partial charge on any atom is -0.444 e. The smallest absolute Gasteiger partial charge is 0.407 e. The lowest BCUT2D eigenvalue weighted by atomic mass is 9.98. The number of benzene rings is 1. The van der Waals surface area contributed by atoms with Gasteiger partial charge in [0, 0.05) is 19.0 Å². The fourth-order valence-electron chi connectivity index (χ4n) is 1.78. The minimum absolute atomic E-state index is 0.104. The van der Waals surface area contributed by atoms with Crippen molar-refractivity contribution >= 4 is 6.09 Å². The Kier molecular flexibility index (Phi) is 5.36. The van der Waals surface area contributed by atoms with Gasteiger partial charge in [0.15, 0.2) is 0 Å². The van der Waals surface area contributed by atoms with Crippen LogP contribution in [0.25, 0.3) is 0 Å². The summed E-state index contributed by atoms with van der Waals surface area (Å²) in [6.07, 6.45) is -0.404. The van der Waals surface area contributed by atoms with Gasteiger partial charge in [-0.05, 0) is 33.3 Å². The van der Waals surface area contributed by atoms with E-state index in [0.29, 0.717) is 13.1 Å². The zero-order valence-electron chi connectivity index (χ0n) is 12.2. The molecule has 0 radical (unpaired) electrons. The van der Waals surface area contributed by atoms with Crippen molar-refractivity contribution in [3.63, 3.8) is 0 Å². The van der Waals surface area contributed by atoms with Crippen LogP contribution in [0.5, 0.6) is 0 Å². The van der Waals surface area contributed by atoms with E-state index in [1.165, 1.54) is 5.56 Å². The summed E-state index contributed by atoms with van der Waals surface area (Å²) in [6.45, 7) is 8.53. The maximum Gasteiger partial charge on any atom is 0.407 e. The Morgan fingerprint density at radius 2 is 2.11 bits per heavy atom. The molecular formula is C15H24N2O2. The van der Waals surface area contributed by atoms with E-state index in [1.807, 2.05) is 45.9 Å². The van der Waals surface area contributed by atoms with Crippen molar-refractivity contribution in [2.24, 2.45) is 5.73 Å². The van der Waals surface area contributed by atoms with Crippen molar-refractivity contribution in [1.29, 1.82) is 0 Å².